The van der Waals surface area contributed by atoms with E-state index in [1.807, 2.05) is 30.6 Å². The van der Waals surface area contributed by atoms with Crippen molar-refractivity contribution in [2.24, 2.45) is 11.7 Å². The lowest BCUT2D eigenvalue weighted by Crippen LogP contribution is -2.46. The summed E-state index contributed by atoms with van der Waals surface area (Å²) in [5.74, 6) is 0.544. The predicted molar refractivity (Wildman–Crippen MR) is 106 cm³/mol. The molecule has 1 saturated heterocycles. The van der Waals surface area contributed by atoms with Crippen LogP contribution in [0.3, 0.4) is 0 Å². The fourth-order valence-corrected chi connectivity index (χ4v) is 3.94. The maximum atomic E-state index is 9.52. The van der Waals surface area contributed by atoms with Gasteiger partial charge in [-0.05, 0) is 30.5 Å². The molecule has 0 bridgehead atoms. The molecule has 0 spiro atoms. The van der Waals surface area contributed by atoms with Crippen LogP contribution in [0.4, 0.5) is 11.4 Å². The highest BCUT2D eigenvalue weighted by Gasteiger charge is 2.26. The first-order valence-corrected chi connectivity index (χ1v) is 9.20. The van der Waals surface area contributed by atoms with E-state index in [-0.39, 0.29) is 6.04 Å². The number of piperidine rings is 1. The number of anilines is 2. The lowest BCUT2D eigenvalue weighted by atomic mass is 9.96. The van der Waals surface area contributed by atoms with Crippen LogP contribution in [0, 0.1) is 17.2 Å². The molecule has 4 rings (SSSR count). The van der Waals surface area contributed by atoms with E-state index in [4.69, 9.17) is 10.2 Å². The summed E-state index contributed by atoms with van der Waals surface area (Å²) in [7, 11) is 0. The van der Waals surface area contributed by atoms with Crippen LogP contribution in [0.5, 0.6) is 0 Å². The molecular formula is C21H23N5O. The molecule has 2 aliphatic rings. The molecule has 2 atom stereocenters. The van der Waals surface area contributed by atoms with Crippen molar-refractivity contribution in [3.63, 3.8) is 0 Å². The van der Waals surface area contributed by atoms with Crippen LogP contribution in [0.15, 0.2) is 59.3 Å². The second-order valence-electron chi connectivity index (χ2n) is 7.38. The molecule has 2 aromatic rings. The van der Waals surface area contributed by atoms with Crippen LogP contribution in [0.1, 0.15) is 18.9 Å². The molecule has 1 fully saturated rings. The predicted octanol–water partition coefficient (Wildman–Crippen LogP) is 3.16. The van der Waals surface area contributed by atoms with Gasteiger partial charge in [0.15, 0.2) is 0 Å². The molecule has 27 heavy (non-hydrogen) atoms. The number of furan rings is 1. The van der Waals surface area contributed by atoms with E-state index in [0.29, 0.717) is 18.0 Å². The Bertz CT molecular complexity index is 899. The lowest BCUT2D eigenvalue weighted by molar-refractivity contribution is 0.402. The summed E-state index contributed by atoms with van der Waals surface area (Å²) in [5, 5.41) is 9.52. The Labute approximate surface area is 159 Å². The smallest absolute Gasteiger partial charge is 0.0981 e. The average molecular weight is 361 g/mol. The van der Waals surface area contributed by atoms with Crippen LogP contribution < -0.4 is 15.5 Å². The largest absolute Gasteiger partial charge is 0.472 e. The van der Waals surface area contributed by atoms with E-state index in [2.05, 4.69) is 34.0 Å². The Morgan fingerprint density at radius 2 is 2.19 bits per heavy atom. The van der Waals surface area contributed by atoms with Crippen molar-refractivity contribution in [1.82, 2.24) is 4.98 Å². The Morgan fingerprint density at radius 1 is 1.30 bits per heavy atom. The second kappa shape index (κ2) is 7.29. The van der Waals surface area contributed by atoms with Crippen LogP contribution in [0.2, 0.25) is 0 Å². The van der Waals surface area contributed by atoms with Gasteiger partial charge in [0.1, 0.15) is 0 Å². The molecule has 6 heteroatoms. The number of pyridine rings is 1. The Hall–Kier alpha value is -3.04. The zero-order valence-corrected chi connectivity index (χ0v) is 15.4. The minimum absolute atomic E-state index is 0.169. The Kier molecular flexibility index (Phi) is 4.69. The highest BCUT2D eigenvalue weighted by atomic mass is 16.3. The van der Waals surface area contributed by atoms with Crippen LogP contribution >= 0.6 is 0 Å². The van der Waals surface area contributed by atoms with E-state index >= 15 is 0 Å². The van der Waals surface area contributed by atoms with Gasteiger partial charge in [-0.3, -0.25) is 4.98 Å². The topological polar surface area (TPSA) is 82.3 Å². The fourth-order valence-electron chi connectivity index (χ4n) is 3.94. The number of nitrogens with zero attached hydrogens (tertiary/aromatic N) is 4. The normalized spacial score (nSPS) is 22.9. The first-order chi connectivity index (χ1) is 13.1. The highest BCUT2D eigenvalue weighted by Crippen LogP contribution is 2.35. The van der Waals surface area contributed by atoms with Crippen LogP contribution in [0.25, 0.3) is 5.57 Å². The van der Waals surface area contributed by atoms with E-state index in [1.54, 1.807) is 12.5 Å². The van der Waals surface area contributed by atoms with Gasteiger partial charge >= 0.3 is 0 Å². The number of hydrogen-bond donors (Lipinski definition) is 1. The van der Waals surface area contributed by atoms with Crippen molar-refractivity contribution in [2.75, 3.05) is 29.4 Å². The summed E-state index contributed by atoms with van der Waals surface area (Å²) in [4.78, 5) is 8.77. The molecule has 2 aliphatic heterocycles. The van der Waals surface area contributed by atoms with Crippen molar-refractivity contribution < 1.29 is 4.42 Å². The van der Waals surface area contributed by atoms with Gasteiger partial charge in [-0.25, -0.2) is 0 Å². The zero-order valence-electron chi connectivity index (χ0n) is 15.4. The van der Waals surface area contributed by atoms with E-state index in [1.165, 1.54) is 0 Å². The summed E-state index contributed by atoms with van der Waals surface area (Å²) in [5.41, 5.74) is 11.0. The summed E-state index contributed by atoms with van der Waals surface area (Å²) >= 11 is 0. The van der Waals surface area contributed by atoms with Gasteiger partial charge in [0.25, 0.3) is 0 Å². The number of nitrogens with two attached hydrogens (primary N) is 1. The van der Waals surface area contributed by atoms with Gasteiger partial charge in [-0.2, -0.15) is 5.26 Å². The third-order valence-electron chi connectivity index (χ3n) is 5.08. The van der Waals surface area contributed by atoms with Crippen LogP contribution in [-0.4, -0.2) is 30.7 Å². The average Bonchev–Trinajstić information content (AvgIpc) is 3.22. The van der Waals surface area contributed by atoms with Gasteiger partial charge in [-0.15, -0.1) is 0 Å². The molecule has 0 radical (unpaired) electrons. The van der Waals surface area contributed by atoms with E-state index in [0.717, 1.165) is 42.0 Å². The number of hydrogen-bond acceptors (Lipinski definition) is 6. The first-order valence-electron chi connectivity index (χ1n) is 9.20. The van der Waals surface area contributed by atoms with E-state index < -0.39 is 0 Å². The number of allylic oxidation sites excluding steroid dienone is 2. The molecule has 2 N–H and O–H groups in total. The molecule has 4 heterocycles. The van der Waals surface area contributed by atoms with Crippen molar-refractivity contribution >= 4 is 16.9 Å². The SMILES string of the molecule is CC1CC(N)CN(c2ccncc2N2C=C(c3ccoc3)C=C(C#N)C2)C1. The number of nitriles is 1. The van der Waals surface area contributed by atoms with Crippen molar-refractivity contribution in [3.05, 3.63) is 60.5 Å². The van der Waals surface area contributed by atoms with Gasteiger partial charge in [0, 0.05) is 48.2 Å². The van der Waals surface area contributed by atoms with Crippen molar-refractivity contribution in [1.29, 1.82) is 5.26 Å². The van der Waals surface area contributed by atoms with Gasteiger partial charge < -0.3 is 20.0 Å². The molecule has 2 unspecified atom stereocenters. The van der Waals surface area contributed by atoms with Crippen molar-refractivity contribution in [3.8, 4) is 6.07 Å². The lowest BCUT2D eigenvalue weighted by Gasteiger charge is -2.38. The third-order valence-corrected chi connectivity index (χ3v) is 5.08. The standard InChI is InChI=1S/C21H23N5O/c1-15-6-19(23)13-25(10-15)20-2-4-24-9-21(20)26-11-16(8-22)7-18(12-26)17-3-5-27-14-17/h2-5,7,9,12,14-15,19H,6,10-11,13,23H2,1H3. The molecule has 2 aromatic heterocycles. The third kappa shape index (κ3) is 3.60. The molecule has 0 amide bonds. The van der Waals surface area contributed by atoms with Gasteiger partial charge in [0.05, 0.1) is 42.7 Å². The highest BCUT2D eigenvalue weighted by molar-refractivity contribution is 5.82. The quantitative estimate of drug-likeness (QED) is 0.904. The molecule has 138 valence electrons. The molecule has 0 saturated carbocycles. The molecule has 6 nitrogen and oxygen atoms in total. The number of aromatic nitrogens is 1. The molecular weight excluding hydrogens is 338 g/mol. The maximum absolute atomic E-state index is 9.52. The minimum atomic E-state index is 0.169. The summed E-state index contributed by atoms with van der Waals surface area (Å²) in [6.07, 6.45) is 12.0. The summed E-state index contributed by atoms with van der Waals surface area (Å²) in [6, 6.07) is 6.41. The summed E-state index contributed by atoms with van der Waals surface area (Å²) in [6.45, 7) is 4.56. The molecule has 0 aromatic carbocycles. The first kappa shape index (κ1) is 17.4. The second-order valence-corrected chi connectivity index (χ2v) is 7.38. The number of rotatable bonds is 3. The maximum Gasteiger partial charge on any atom is 0.0981 e. The van der Waals surface area contributed by atoms with Gasteiger partial charge in [-0.1, -0.05) is 6.92 Å². The Morgan fingerprint density at radius 3 is 2.93 bits per heavy atom. The van der Waals surface area contributed by atoms with E-state index in [9.17, 15) is 5.26 Å². The van der Waals surface area contributed by atoms with Gasteiger partial charge in [0.2, 0.25) is 0 Å². The minimum Gasteiger partial charge on any atom is -0.472 e. The monoisotopic (exact) mass is 361 g/mol. The summed E-state index contributed by atoms with van der Waals surface area (Å²) < 4.78 is 5.21. The van der Waals surface area contributed by atoms with Crippen LogP contribution in [-0.2, 0) is 0 Å². The Balaban J connectivity index is 1.71. The fraction of sp³-hybridized carbons (Fsp3) is 0.333. The van der Waals surface area contributed by atoms with Crippen molar-refractivity contribution in [2.45, 2.75) is 19.4 Å². The zero-order chi connectivity index (χ0) is 18.8. The molecule has 0 aliphatic carbocycles.